The van der Waals surface area contributed by atoms with Crippen LogP contribution in [-0.2, 0) is 49.4 Å². The highest BCUT2D eigenvalue weighted by atomic mass is 16.5. The molecule has 2 aliphatic rings. The number of nitrogens with zero attached hydrogens (tertiary/aromatic N) is 6. The van der Waals surface area contributed by atoms with E-state index >= 15 is 0 Å². The molecule has 0 saturated carbocycles. The number of amides is 6. The molecule has 0 aliphatic carbocycles. The Bertz CT molecular complexity index is 1710. The van der Waals surface area contributed by atoms with E-state index < -0.39 is 65.9 Å². The van der Waals surface area contributed by atoms with Crippen LogP contribution in [0.25, 0.3) is 0 Å². The molecule has 2 N–H and O–H groups in total. The Hall–Kier alpha value is -4.87. The second-order valence-corrected chi connectivity index (χ2v) is 17.3. The maximum absolute atomic E-state index is 14.4. The molecule has 17 nitrogen and oxygen atoms in total. The predicted molar refractivity (Wildman–Crippen MR) is 241 cm³/mol. The minimum absolute atomic E-state index is 0.00882. The number of carbonyl (C=O) groups excluding carboxylic acids is 6. The van der Waals surface area contributed by atoms with Crippen LogP contribution in [0.5, 0.6) is 0 Å². The van der Waals surface area contributed by atoms with Crippen molar-refractivity contribution in [2.24, 2.45) is 22.7 Å². The fourth-order valence-corrected chi connectivity index (χ4v) is 8.40. The van der Waals surface area contributed by atoms with Crippen LogP contribution in [0.4, 0.5) is 0 Å². The van der Waals surface area contributed by atoms with Gasteiger partial charge in [0.15, 0.2) is 5.96 Å². The van der Waals surface area contributed by atoms with E-state index in [2.05, 4.69) is 24.5 Å². The molecule has 0 radical (unpaired) electrons. The van der Waals surface area contributed by atoms with Crippen molar-refractivity contribution < 1.29 is 43.0 Å². The van der Waals surface area contributed by atoms with Crippen molar-refractivity contribution >= 4 is 41.4 Å². The highest BCUT2D eigenvalue weighted by Crippen LogP contribution is 2.30. The Morgan fingerprint density at radius 1 is 0.889 bits per heavy atom. The van der Waals surface area contributed by atoms with Gasteiger partial charge >= 0.3 is 0 Å². The molecule has 1 saturated heterocycles. The van der Waals surface area contributed by atoms with Gasteiger partial charge < -0.3 is 44.4 Å². The summed E-state index contributed by atoms with van der Waals surface area (Å²) in [7, 11) is 12.4. The summed E-state index contributed by atoms with van der Waals surface area (Å²) in [4.78, 5) is 93.1. The number of hydrogen-bond acceptors (Lipinski definition) is 10. The number of benzene rings is 1. The first kappa shape index (κ1) is 52.5. The third-order valence-electron chi connectivity index (χ3n) is 12.0. The second kappa shape index (κ2) is 25.4. The van der Waals surface area contributed by atoms with Gasteiger partial charge in [0.25, 0.3) is 11.8 Å². The van der Waals surface area contributed by atoms with Crippen molar-refractivity contribution in [1.82, 2.24) is 35.1 Å². The molecule has 3 rings (SSSR count). The molecule has 1 fully saturated rings. The van der Waals surface area contributed by atoms with Crippen molar-refractivity contribution in [3.8, 4) is 0 Å². The summed E-state index contributed by atoms with van der Waals surface area (Å²) in [5.74, 6) is -2.07. The highest BCUT2D eigenvalue weighted by molar-refractivity contribution is 6.12. The van der Waals surface area contributed by atoms with Gasteiger partial charge in [0.2, 0.25) is 23.6 Å². The van der Waals surface area contributed by atoms with E-state index in [0.29, 0.717) is 25.3 Å². The molecule has 63 heavy (non-hydrogen) atoms. The van der Waals surface area contributed by atoms with E-state index in [1.54, 1.807) is 30.9 Å². The van der Waals surface area contributed by atoms with Gasteiger partial charge in [-0.1, -0.05) is 71.4 Å². The number of rotatable bonds is 24. The van der Waals surface area contributed by atoms with E-state index in [0.717, 1.165) is 16.9 Å². The normalized spacial score (nSPS) is 18.3. The summed E-state index contributed by atoms with van der Waals surface area (Å²) in [5, 5.41) is 5.78. The highest BCUT2D eigenvalue weighted by Gasteiger charge is 2.43. The molecule has 1 aromatic carbocycles. The third-order valence-corrected chi connectivity index (χ3v) is 12.0. The van der Waals surface area contributed by atoms with E-state index in [-0.39, 0.29) is 62.8 Å². The number of likely N-dealkylation sites (N-methyl/N-ethyl adjacent to an activating group) is 1. The van der Waals surface area contributed by atoms with Crippen LogP contribution in [-0.4, -0.2) is 185 Å². The van der Waals surface area contributed by atoms with Crippen molar-refractivity contribution in [2.75, 3.05) is 82.3 Å². The smallest absolute Gasteiger partial charge is 0.253 e. The van der Waals surface area contributed by atoms with Crippen LogP contribution in [0, 0.1) is 17.8 Å². The van der Waals surface area contributed by atoms with Gasteiger partial charge in [-0.2, -0.15) is 0 Å². The lowest BCUT2D eigenvalue weighted by molar-refractivity contribution is -0.146. The molecular weight excluding hydrogens is 809 g/mol. The second-order valence-electron chi connectivity index (χ2n) is 17.3. The Kier molecular flexibility index (Phi) is 21.2. The summed E-state index contributed by atoms with van der Waals surface area (Å²) in [6.07, 6.45) is 3.44. The predicted octanol–water partition coefficient (Wildman–Crippen LogP) is 2.20. The van der Waals surface area contributed by atoms with Crippen molar-refractivity contribution in [3.63, 3.8) is 0 Å². The Balaban J connectivity index is 1.73. The van der Waals surface area contributed by atoms with Crippen LogP contribution in [0.1, 0.15) is 65.9 Å². The van der Waals surface area contributed by atoms with Crippen LogP contribution in [0.2, 0.25) is 0 Å². The molecule has 0 unspecified atom stereocenters. The largest absolute Gasteiger partial charge is 0.379 e. The Labute approximate surface area is 374 Å². The number of carbonyl (C=O) groups is 6. The van der Waals surface area contributed by atoms with E-state index in [4.69, 9.17) is 19.2 Å². The maximum atomic E-state index is 14.4. The number of nitrogens with one attached hydrogen (secondary N) is 2. The van der Waals surface area contributed by atoms with Crippen LogP contribution >= 0.6 is 0 Å². The fourth-order valence-electron chi connectivity index (χ4n) is 8.40. The minimum atomic E-state index is -0.926. The standard InChI is InChI=1S/C46H74N8O9/c1-13-31(4)41(52(10)45(60)40(30(2)3)49-46(50(6)7)51(8)9)36(61-11)29-39(57)53-24-17-20-35(53)42(62-12)32(5)43(58)48-34(28-33-18-15-14-16-19-33)44(59)47-23-26-63-27-25-54-37(55)21-22-38(54)56/h14-16,18-19,21-22,30-32,34-36,40-42H,13,17,20,23-29H2,1-12H3,(H,47,59)(H,48,58)/t31-,32+,34-,35-,36+,40-,41-,42+/m0/s1. The van der Waals surface area contributed by atoms with E-state index in [1.165, 1.54) is 19.3 Å². The molecule has 17 heteroatoms. The van der Waals surface area contributed by atoms with Crippen LogP contribution in [0.15, 0.2) is 47.5 Å². The van der Waals surface area contributed by atoms with Gasteiger partial charge in [-0.3, -0.25) is 33.7 Å². The molecule has 0 spiro atoms. The summed E-state index contributed by atoms with van der Waals surface area (Å²) in [6, 6.07) is 6.92. The lowest BCUT2D eigenvalue weighted by Gasteiger charge is -2.40. The number of likely N-dealkylation sites (tertiary alicyclic amines) is 1. The molecule has 2 aliphatic heterocycles. The number of hydrogen-bond donors (Lipinski definition) is 2. The number of aliphatic imine (C=N–C) groups is 1. The first-order valence-corrected chi connectivity index (χ1v) is 22.2. The van der Waals surface area contributed by atoms with Crippen molar-refractivity contribution in [2.45, 2.75) is 103 Å². The number of methoxy groups -OCH3 is 2. The molecule has 8 atom stereocenters. The third kappa shape index (κ3) is 14.6. The average Bonchev–Trinajstić information content (AvgIpc) is 3.86. The van der Waals surface area contributed by atoms with E-state index in [9.17, 15) is 28.8 Å². The topological polar surface area (TPSA) is 183 Å². The zero-order valence-electron chi connectivity index (χ0n) is 39.7. The summed E-state index contributed by atoms with van der Waals surface area (Å²) in [6.45, 7) is 10.8. The summed E-state index contributed by atoms with van der Waals surface area (Å²) >= 11 is 0. The van der Waals surface area contributed by atoms with E-state index in [1.807, 2.05) is 82.2 Å². The summed E-state index contributed by atoms with van der Waals surface area (Å²) in [5.41, 5.74) is 0.848. The molecule has 2 heterocycles. The van der Waals surface area contributed by atoms with Gasteiger partial charge in [-0.25, -0.2) is 4.99 Å². The zero-order chi connectivity index (χ0) is 47.0. The fraction of sp³-hybridized carbons (Fsp3) is 0.674. The maximum Gasteiger partial charge on any atom is 0.253 e. The van der Waals surface area contributed by atoms with Crippen molar-refractivity contribution in [3.05, 3.63) is 48.0 Å². The molecule has 1 aromatic rings. The van der Waals surface area contributed by atoms with Crippen molar-refractivity contribution in [1.29, 1.82) is 0 Å². The van der Waals surface area contributed by atoms with Crippen LogP contribution < -0.4 is 10.6 Å². The number of guanidine groups is 1. The molecule has 0 aromatic heterocycles. The van der Waals surface area contributed by atoms with Gasteiger partial charge in [-0.05, 0) is 30.2 Å². The van der Waals surface area contributed by atoms with Gasteiger partial charge in [0.1, 0.15) is 12.1 Å². The van der Waals surface area contributed by atoms with Crippen LogP contribution in [0.3, 0.4) is 0 Å². The Morgan fingerprint density at radius 2 is 1.52 bits per heavy atom. The van der Waals surface area contributed by atoms with Gasteiger partial charge in [0.05, 0.1) is 56.4 Å². The molecule has 0 bridgehead atoms. The quantitative estimate of drug-likeness (QED) is 0.0673. The number of ether oxygens (including phenoxy) is 3. The Morgan fingerprint density at radius 3 is 2.08 bits per heavy atom. The lowest BCUT2D eigenvalue weighted by atomic mass is 9.89. The molecular formula is C46H74N8O9. The minimum Gasteiger partial charge on any atom is -0.379 e. The SMILES string of the molecule is CC[C@H](C)[C@@H]([C@@H](CC(=O)N1CCC[C@H]1[C@H](OC)[C@@H](C)C(=O)N[C@@H](Cc1ccccc1)C(=O)NCCOCCN1C(=O)C=CC1=O)OC)N(C)C(=O)[C@@H](N=C(N(C)C)N(C)C)C(C)C. The average molecular weight is 883 g/mol. The first-order chi connectivity index (χ1) is 29.9. The zero-order valence-corrected chi connectivity index (χ0v) is 39.7. The number of imide groups is 1. The molecule has 352 valence electrons. The summed E-state index contributed by atoms with van der Waals surface area (Å²) < 4.78 is 17.6. The van der Waals surface area contributed by atoms with Gasteiger partial charge in [0, 0.05) is 81.1 Å². The lowest BCUT2D eigenvalue weighted by Crippen LogP contribution is -2.55. The molecule has 6 amide bonds. The van der Waals surface area contributed by atoms with Gasteiger partial charge in [-0.15, -0.1) is 0 Å². The monoisotopic (exact) mass is 883 g/mol. The first-order valence-electron chi connectivity index (χ1n) is 22.2.